The number of rotatable bonds is 3. The lowest BCUT2D eigenvalue weighted by Crippen LogP contribution is -2.06. The van der Waals surface area contributed by atoms with Crippen molar-refractivity contribution in [1.29, 1.82) is 5.26 Å². The fraction of sp³-hybridized carbons (Fsp3) is 0.300. The Morgan fingerprint density at radius 3 is 2.85 bits per heavy atom. The van der Waals surface area contributed by atoms with Crippen molar-refractivity contribution in [3.63, 3.8) is 0 Å². The average molecular weight is 240 g/mol. The fourth-order valence-electron chi connectivity index (χ4n) is 0.814. The van der Waals surface area contributed by atoms with Crippen molar-refractivity contribution < 1.29 is 4.74 Å². The van der Waals surface area contributed by atoms with E-state index >= 15 is 0 Å². The molecule has 0 aliphatic heterocycles. The summed E-state index contributed by atoms with van der Waals surface area (Å²) in [5, 5.41) is 8.54. The summed E-state index contributed by atoms with van der Waals surface area (Å²) in [6.45, 7) is 2.26. The maximum Gasteiger partial charge on any atom is 0.133 e. The number of halogens is 1. The Morgan fingerprint density at radius 1 is 1.54 bits per heavy atom. The zero-order chi connectivity index (χ0) is 9.68. The van der Waals surface area contributed by atoms with Gasteiger partial charge in [0, 0.05) is 0 Å². The molecule has 0 aliphatic carbocycles. The number of para-hydroxylation sites is 1. The number of benzene rings is 1. The Morgan fingerprint density at radius 2 is 2.23 bits per heavy atom. The second-order valence-electron chi connectivity index (χ2n) is 2.77. The van der Waals surface area contributed by atoms with E-state index in [1.165, 1.54) is 0 Å². The van der Waals surface area contributed by atoms with Crippen LogP contribution < -0.4 is 4.74 Å². The van der Waals surface area contributed by atoms with Gasteiger partial charge < -0.3 is 4.74 Å². The van der Waals surface area contributed by atoms with Gasteiger partial charge in [-0.2, -0.15) is 5.26 Å². The van der Waals surface area contributed by atoms with Crippen molar-refractivity contribution in [1.82, 2.24) is 0 Å². The predicted molar refractivity (Wildman–Crippen MR) is 54.4 cm³/mol. The van der Waals surface area contributed by atoms with Crippen molar-refractivity contribution in [3.05, 3.63) is 28.7 Å². The predicted octanol–water partition coefficient (Wildman–Crippen LogP) is 2.99. The molecule has 0 aromatic heterocycles. The van der Waals surface area contributed by atoms with E-state index < -0.39 is 0 Å². The Labute approximate surface area is 86.3 Å². The molecule has 0 fully saturated rings. The highest BCUT2D eigenvalue weighted by Gasteiger charge is 2.02. The van der Waals surface area contributed by atoms with Crippen LogP contribution in [-0.2, 0) is 0 Å². The molecule has 0 saturated heterocycles. The summed E-state index contributed by atoms with van der Waals surface area (Å²) >= 11 is 3.36. The van der Waals surface area contributed by atoms with Crippen molar-refractivity contribution >= 4 is 15.9 Å². The molecule has 0 N–H and O–H groups in total. The second-order valence-corrected chi connectivity index (χ2v) is 3.63. The summed E-state index contributed by atoms with van der Waals surface area (Å²) in [5.41, 5.74) is 0. The van der Waals surface area contributed by atoms with E-state index in [2.05, 4.69) is 22.0 Å². The molecule has 0 bridgehead atoms. The molecule has 0 heterocycles. The Bertz CT molecular complexity index is 319. The van der Waals surface area contributed by atoms with Crippen LogP contribution in [0.2, 0.25) is 0 Å². The Balaban J connectivity index is 2.56. The molecule has 0 radical (unpaired) electrons. The minimum absolute atomic E-state index is 0.0768. The SMILES string of the molecule is CC(C#N)COc1ccccc1Br. The third-order valence-corrected chi connectivity index (χ3v) is 2.20. The van der Waals surface area contributed by atoms with Crippen LogP contribution in [0, 0.1) is 17.2 Å². The van der Waals surface area contributed by atoms with Gasteiger partial charge in [-0.25, -0.2) is 0 Å². The van der Waals surface area contributed by atoms with E-state index in [4.69, 9.17) is 10.00 Å². The Kier molecular flexibility index (Phi) is 3.78. The van der Waals surface area contributed by atoms with Gasteiger partial charge in [0.2, 0.25) is 0 Å². The molecule has 13 heavy (non-hydrogen) atoms. The summed E-state index contributed by atoms with van der Waals surface area (Å²) in [5.74, 6) is 0.705. The van der Waals surface area contributed by atoms with Crippen molar-refractivity contribution in [2.75, 3.05) is 6.61 Å². The van der Waals surface area contributed by atoms with Crippen molar-refractivity contribution in [2.24, 2.45) is 5.92 Å². The van der Waals surface area contributed by atoms with E-state index in [0.29, 0.717) is 6.61 Å². The van der Waals surface area contributed by atoms with Crippen LogP contribution in [0.4, 0.5) is 0 Å². The van der Waals surface area contributed by atoms with Crippen LogP contribution in [0.15, 0.2) is 28.7 Å². The monoisotopic (exact) mass is 239 g/mol. The largest absolute Gasteiger partial charge is 0.491 e. The lowest BCUT2D eigenvalue weighted by Gasteiger charge is -2.08. The van der Waals surface area contributed by atoms with Crippen LogP contribution in [0.5, 0.6) is 5.75 Å². The molecule has 0 spiro atoms. The van der Waals surface area contributed by atoms with E-state index in [1.54, 1.807) is 0 Å². The van der Waals surface area contributed by atoms with Gasteiger partial charge in [-0.1, -0.05) is 12.1 Å². The van der Waals surface area contributed by atoms with Gasteiger partial charge in [0.15, 0.2) is 0 Å². The minimum Gasteiger partial charge on any atom is -0.491 e. The first kappa shape index (κ1) is 10.1. The van der Waals surface area contributed by atoms with Gasteiger partial charge in [0.1, 0.15) is 12.4 Å². The number of nitriles is 1. The average Bonchev–Trinajstić information content (AvgIpc) is 2.16. The maximum atomic E-state index is 8.54. The molecular formula is C10H10BrNO. The zero-order valence-electron chi connectivity index (χ0n) is 7.33. The first-order chi connectivity index (χ1) is 6.24. The molecular weight excluding hydrogens is 230 g/mol. The highest BCUT2D eigenvalue weighted by Crippen LogP contribution is 2.23. The van der Waals surface area contributed by atoms with E-state index in [0.717, 1.165) is 10.2 Å². The number of hydrogen-bond donors (Lipinski definition) is 0. The lowest BCUT2D eigenvalue weighted by atomic mass is 10.2. The third-order valence-electron chi connectivity index (χ3n) is 1.55. The first-order valence-corrected chi connectivity index (χ1v) is 4.80. The molecule has 1 unspecified atom stereocenters. The molecule has 0 saturated carbocycles. The van der Waals surface area contributed by atoms with Crippen molar-refractivity contribution in [2.45, 2.75) is 6.92 Å². The van der Waals surface area contributed by atoms with Crippen LogP contribution >= 0.6 is 15.9 Å². The van der Waals surface area contributed by atoms with Gasteiger partial charge in [-0.05, 0) is 35.0 Å². The summed E-state index contributed by atoms with van der Waals surface area (Å²) in [4.78, 5) is 0. The molecule has 0 amide bonds. The summed E-state index contributed by atoms with van der Waals surface area (Å²) in [6, 6.07) is 9.71. The summed E-state index contributed by atoms with van der Waals surface area (Å²) in [6.07, 6.45) is 0. The van der Waals surface area contributed by atoms with E-state index in [-0.39, 0.29) is 5.92 Å². The maximum absolute atomic E-state index is 8.54. The fourth-order valence-corrected chi connectivity index (χ4v) is 1.21. The smallest absolute Gasteiger partial charge is 0.133 e. The summed E-state index contributed by atoms with van der Waals surface area (Å²) < 4.78 is 6.34. The van der Waals surface area contributed by atoms with Crippen LogP contribution in [0.25, 0.3) is 0 Å². The van der Waals surface area contributed by atoms with E-state index in [1.807, 2.05) is 31.2 Å². The standard InChI is InChI=1S/C10H10BrNO/c1-8(6-12)7-13-10-5-3-2-4-9(10)11/h2-5,8H,7H2,1H3. The molecule has 68 valence electrons. The molecule has 1 aromatic carbocycles. The molecule has 1 rings (SSSR count). The van der Waals surface area contributed by atoms with Crippen LogP contribution in [0.3, 0.4) is 0 Å². The highest BCUT2D eigenvalue weighted by molar-refractivity contribution is 9.10. The Hall–Kier alpha value is -1.01. The van der Waals surface area contributed by atoms with Gasteiger partial charge in [-0.3, -0.25) is 0 Å². The topological polar surface area (TPSA) is 33.0 Å². The lowest BCUT2D eigenvalue weighted by molar-refractivity contribution is 0.286. The minimum atomic E-state index is -0.0768. The zero-order valence-corrected chi connectivity index (χ0v) is 8.91. The van der Waals surface area contributed by atoms with Gasteiger partial charge in [0.25, 0.3) is 0 Å². The van der Waals surface area contributed by atoms with Gasteiger partial charge in [-0.15, -0.1) is 0 Å². The first-order valence-electron chi connectivity index (χ1n) is 4.01. The van der Waals surface area contributed by atoms with Crippen LogP contribution in [-0.4, -0.2) is 6.61 Å². The number of nitrogens with zero attached hydrogens (tertiary/aromatic N) is 1. The third kappa shape index (κ3) is 3.08. The molecule has 0 aliphatic rings. The number of ether oxygens (including phenoxy) is 1. The van der Waals surface area contributed by atoms with Gasteiger partial charge in [0.05, 0.1) is 16.5 Å². The number of hydrogen-bond acceptors (Lipinski definition) is 2. The normalized spacial score (nSPS) is 11.8. The van der Waals surface area contributed by atoms with E-state index in [9.17, 15) is 0 Å². The quantitative estimate of drug-likeness (QED) is 0.813. The van der Waals surface area contributed by atoms with Crippen molar-refractivity contribution in [3.8, 4) is 11.8 Å². The highest BCUT2D eigenvalue weighted by atomic mass is 79.9. The van der Waals surface area contributed by atoms with Crippen LogP contribution in [0.1, 0.15) is 6.92 Å². The molecule has 1 aromatic rings. The molecule has 2 nitrogen and oxygen atoms in total. The summed E-state index contributed by atoms with van der Waals surface area (Å²) in [7, 11) is 0. The second kappa shape index (κ2) is 4.88. The molecule has 1 atom stereocenters. The molecule has 3 heteroatoms. The van der Waals surface area contributed by atoms with Gasteiger partial charge >= 0.3 is 0 Å².